The Kier molecular flexibility index (Phi) is 2.94. The van der Waals surface area contributed by atoms with E-state index < -0.39 is 10.3 Å². The molecule has 0 radical (unpaired) electrons. The molecule has 6 nitrogen and oxygen atoms in total. The second kappa shape index (κ2) is 3.72. The molecule has 0 fully saturated rings. The van der Waals surface area contributed by atoms with E-state index in [-0.39, 0.29) is 17.0 Å². The van der Waals surface area contributed by atoms with Crippen LogP contribution >= 0.6 is 0 Å². The number of aromatic nitrogens is 2. The smallest absolute Gasteiger partial charge is 0.334 e. The van der Waals surface area contributed by atoms with E-state index in [2.05, 4.69) is 5.10 Å². The second-order valence-electron chi connectivity index (χ2n) is 6.17. The molecule has 0 saturated heterocycles. The van der Waals surface area contributed by atoms with Gasteiger partial charge in [0.15, 0.2) is 0 Å². The zero-order valence-corrected chi connectivity index (χ0v) is 11.2. The van der Waals surface area contributed by atoms with Crippen molar-refractivity contribution in [3.05, 3.63) is 15.8 Å². The van der Waals surface area contributed by atoms with Gasteiger partial charge in [0.25, 0.3) is 0 Å². The van der Waals surface area contributed by atoms with Crippen LogP contribution in [0.3, 0.4) is 0 Å². The van der Waals surface area contributed by atoms with E-state index in [1.165, 1.54) is 4.68 Å². The van der Waals surface area contributed by atoms with Crippen LogP contribution < -0.4 is 5.73 Å². The topological polar surface area (TPSA) is 87.0 Å². The number of nitro groups is 1. The summed E-state index contributed by atoms with van der Waals surface area (Å²) < 4.78 is 1.52. The van der Waals surface area contributed by atoms with Crippen LogP contribution in [0.25, 0.3) is 0 Å². The first-order valence-electron chi connectivity index (χ1n) is 5.50. The minimum absolute atomic E-state index is 0.0765. The average Bonchev–Trinajstić information content (AvgIpc) is 2.40. The van der Waals surface area contributed by atoms with Crippen molar-refractivity contribution < 1.29 is 4.92 Å². The number of anilines is 1. The molecule has 0 atom stereocenters. The zero-order chi connectivity index (χ0) is 13.6. The van der Waals surface area contributed by atoms with Gasteiger partial charge in [0.1, 0.15) is 5.69 Å². The largest absolute Gasteiger partial charge is 0.378 e. The molecule has 1 heterocycles. The lowest BCUT2D eigenvalue weighted by molar-refractivity contribution is -0.385. The summed E-state index contributed by atoms with van der Waals surface area (Å²) >= 11 is 0. The number of nitrogen functional groups attached to an aromatic ring is 1. The first-order chi connectivity index (χ1) is 7.46. The lowest BCUT2D eigenvalue weighted by atomic mass is 9.91. The number of hydrogen-bond donors (Lipinski definition) is 1. The van der Waals surface area contributed by atoms with Crippen LogP contribution in [0.1, 0.15) is 47.2 Å². The van der Waals surface area contributed by atoms with Gasteiger partial charge in [-0.3, -0.25) is 10.1 Å². The van der Waals surface area contributed by atoms with Gasteiger partial charge >= 0.3 is 5.69 Å². The van der Waals surface area contributed by atoms with Gasteiger partial charge in [-0.05, 0) is 20.8 Å². The first-order valence-corrected chi connectivity index (χ1v) is 5.50. The molecule has 0 aromatic carbocycles. The van der Waals surface area contributed by atoms with Crippen LogP contribution in [0.5, 0.6) is 0 Å². The second-order valence-corrected chi connectivity index (χ2v) is 6.17. The van der Waals surface area contributed by atoms with Crippen LogP contribution in [0.15, 0.2) is 0 Å². The summed E-state index contributed by atoms with van der Waals surface area (Å²) in [6.45, 7) is 11.4. The van der Waals surface area contributed by atoms with Crippen molar-refractivity contribution in [3.8, 4) is 0 Å². The van der Waals surface area contributed by atoms with Gasteiger partial charge in [0.05, 0.1) is 10.5 Å². The zero-order valence-electron chi connectivity index (χ0n) is 11.2. The molecule has 0 unspecified atom stereocenters. The highest BCUT2D eigenvalue weighted by atomic mass is 16.6. The molecule has 96 valence electrons. The Morgan fingerprint density at radius 1 is 1.24 bits per heavy atom. The fourth-order valence-electron chi connectivity index (χ4n) is 1.62. The fraction of sp³-hybridized carbons (Fsp3) is 0.727. The third kappa shape index (κ3) is 2.40. The van der Waals surface area contributed by atoms with Gasteiger partial charge in [-0.25, -0.2) is 4.68 Å². The van der Waals surface area contributed by atoms with Crippen molar-refractivity contribution >= 4 is 11.5 Å². The Balaban J connectivity index is 3.58. The number of nitrogens with two attached hydrogens (primary N) is 1. The van der Waals surface area contributed by atoms with E-state index in [1.807, 2.05) is 41.5 Å². The van der Waals surface area contributed by atoms with Crippen molar-refractivity contribution in [2.45, 2.75) is 52.5 Å². The normalized spacial score (nSPS) is 12.8. The molecule has 6 heteroatoms. The standard InChI is InChI=1S/C11H20N4O2/c1-10(2,3)8-7(15(16)17)9(12)14(13-8)11(4,5)6/h12H2,1-6H3. The van der Waals surface area contributed by atoms with Gasteiger partial charge < -0.3 is 5.73 Å². The Morgan fingerprint density at radius 2 is 1.71 bits per heavy atom. The molecular weight excluding hydrogens is 220 g/mol. The quantitative estimate of drug-likeness (QED) is 0.603. The molecule has 0 aliphatic carbocycles. The van der Waals surface area contributed by atoms with E-state index in [0.29, 0.717) is 5.69 Å². The summed E-state index contributed by atoms with van der Waals surface area (Å²) in [7, 11) is 0. The van der Waals surface area contributed by atoms with E-state index in [4.69, 9.17) is 5.73 Å². The molecule has 0 saturated carbocycles. The van der Waals surface area contributed by atoms with Gasteiger partial charge in [-0.2, -0.15) is 5.10 Å². The molecular formula is C11H20N4O2. The maximum atomic E-state index is 11.1. The summed E-state index contributed by atoms with van der Waals surface area (Å²) in [4.78, 5) is 10.6. The van der Waals surface area contributed by atoms with Gasteiger partial charge in [-0.1, -0.05) is 20.8 Å². The molecule has 2 N–H and O–H groups in total. The van der Waals surface area contributed by atoms with E-state index in [1.54, 1.807) is 0 Å². The molecule has 0 aliphatic rings. The maximum absolute atomic E-state index is 11.1. The monoisotopic (exact) mass is 240 g/mol. The van der Waals surface area contributed by atoms with Crippen molar-refractivity contribution in [1.82, 2.24) is 9.78 Å². The lowest BCUT2D eigenvalue weighted by Crippen LogP contribution is -2.25. The van der Waals surface area contributed by atoms with Crippen molar-refractivity contribution in [3.63, 3.8) is 0 Å². The highest BCUT2D eigenvalue weighted by molar-refractivity contribution is 5.58. The van der Waals surface area contributed by atoms with Crippen molar-refractivity contribution in [1.29, 1.82) is 0 Å². The minimum Gasteiger partial charge on any atom is -0.378 e. The van der Waals surface area contributed by atoms with Crippen LogP contribution in [-0.4, -0.2) is 14.7 Å². The van der Waals surface area contributed by atoms with Gasteiger partial charge in [0.2, 0.25) is 5.82 Å². The molecule has 1 aromatic rings. The highest BCUT2D eigenvalue weighted by Gasteiger charge is 2.36. The Hall–Kier alpha value is -1.59. The molecule has 1 rings (SSSR count). The molecule has 0 bridgehead atoms. The minimum atomic E-state index is -0.453. The summed E-state index contributed by atoms with van der Waals surface area (Å²) in [5.41, 5.74) is 5.41. The van der Waals surface area contributed by atoms with Crippen LogP contribution in [-0.2, 0) is 11.0 Å². The average molecular weight is 240 g/mol. The Morgan fingerprint density at radius 3 is 1.94 bits per heavy atom. The lowest BCUT2D eigenvalue weighted by Gasteiger charge is -2.20. The Labute approximate surface area is 101 Å². The first kappa shape index (κ1) is 13.5. The van der Waals surface area contributed by atoms with Gasteiger partial charge in [0, 0.05) is 5.41 Å². The Bertz CT molecular complexity index is 449. The highest BCUT2D eigenvalue weighted by Crippen LogP contribution is 2.36. The third-order valence-corrected chi connectivity index (χ3v) is 2.42. The molecule has 1 aromatic heterocycles. The van der Waals surface area contributed by atoms with E-state index >= 15 is 0 Å². The van der Waals surface area contributed by atoms with Crippen LogP contribution in [0.4, 0.5) is 11.5 Å². The number of rotatable bonds is 1. The number of hydrogen-bond acceptors (Lipinski definition) is 4. The van der Waals surface area contributed by atoms with Crippen LogP contribution in [0.2, 0.25) is 0 Å². The van der Waals surface area contributed by atoms with Gasteiger partial charge in [-0.15, -0.1) is 0 Å². The van der Waals surface area contributed by atoms with Crippen molar-refractivity contribution in [2.24, 2.45) is 0 Å². The fourth-order valence-corrected chi connectivity index (χ4v) is 1.62. The predicted octanol–water partition coefficient (Wildman–Crippen LogP) is 2.43. The molecule has 0 spiro atoms. The maximum Gasteiger partial charge on any atom is 0.334 e. The summed E-state index contributed by atoms with van der Waals surface area (Å²) in [6, 6.07) is 0. The van der Waals surface area contributed by atoms with Crippen molar-refractivity contribution in [2.75, 3.05) is 5.73 Å². The molecule has 0 aliphatic heterocycles. The van der Waals surface area contributed by atoms with E-state index in [0.717, 1.165) is 0 Å². The summed E-state index contributed by atoms with van der Waals surface area (Å²) in [5, 5.41) is 15.4. The number of nitrogens with zero attached hydrogens (tertiary/aromatic N) is 3. The summed E-state index contributed by atoms with van der Waals surface area (Å²) in [5.74, 6) is 0.118. The van der Waals surface area contributed by atoms with E-state index in [9.17, 15) is 10.1 Å². The molecule has 0 amide bonds. The molecule has 17 heavy (non-hydrogen) atoms. The van der Waals surface area contributed by atoms with Crippen LogP contribution in [0, 0.1) is 10.1 Å². The summed E-state index contributed by atoms with van der Waals surface area (Å²) in [6.07, 6.45) is 0. The third-order valence-electron chi connectivity index (χ3n) is 2.42. The predicted molar refractivity (Wildman–Crippen MR) is 67.0 cm³/mol. The SMILES string of the molecule is CC(C)(C)c1nn(C(C)(C)C)c(N)c1[N+](=O)[O-].